The number of ether oxygens (including phenoxy) is 2. The molecule has 1 saturated carbocycles. The molecule has 0 radical (unpaired) electrons. The molecule has 3 amide bonds. The summed E-state index contributed by atoms with van der Waals surface area (Å²) in [5, 5.41) is 8.86. The molecule has 0 atom stereocenters. The second-order valence-corrected chi connectivity index (χ2v) is 7.91. The van der Waals surface area contributed by atoms with Gasteiger partial charge in [0.05, 0.1) is 0 Å². The van der Waals surface area contributed by atoms with Crippen molar-refractivity contribution in [2.75, 3.05) is 12.1 Å². The molecule has 2 aliphatic rings. The highest BCUT2D eigenvalue weighted by atomic mass is 16.7. The Morgan fingerprint density at radius 3 is 2.57 bits per heavy atom. The average molecular weight is 409 g/mol. The molecule has 7 nitrogen and oxygen atoms in total. The SMILES string of the molecule is Cc1ccccc1NC(=O)NC1(C(=O)NCc2ccc3c(c2)OCO3)CCCCC1. The van der Waals surface area contributed by atoms with Crippen LogP contribution >= 0.6 is 0 Å². The molecule has 4 rings (SSSR count). The fourth-order valence-electron chi connectivity index (χ4n) is 4.05. The molecule has 1 heterocycles. The maximum atomic E-state index is 13.2. The predicted molar refractivity (Wildman–Crippen MR) is 114 cm³/mol. The monoisotopic (exact) mass is 409 g/mol. The molecule has 7 heteroatoms. The third-order valence-corrected chi connectivity index (χ3v) is 5.78. The lowest BCUT2D eigenvalue weighted by Crippen LogP contribution is -2.60. The molecular formula is C23H27N3O4. The first kappa shape index (κ1) is 20.1. The fraction of sp³-hybridized carbons (Fsp3) is 0.391. The van der Waals surface area contributed by atoms with E-state index in [0.29, 0.717) is 30.9 Å². The summed E-state index contributed by atoms with van der Waals surface area (Å²) in [5.74, 6) is 1.24. The van der Waals surface area contributed by atoms with Crippen molar-refractivity contribution in [3.05, 3.63) is 53.6 Å². The molecule has 3 N–H and O–H groups in total. The van der Waals surface area contributed by atoms with Crippen LogP contribution in [-0.4, -0.2) is 24.3 Å². The number of hydrogen-bond acceptors (Lipinski definition) is 4. The standard InChI is InChI=1S/C23H27N3O4/c1-16-7-3-4-8-18(16)25-22(28)26-23(11-5-2-6-12-23)21(27)24-14-17-9-10-19-20(13-17)30-15-29-19/h3-4,7-10,13H,2,5-6,11-12,14-15H2,1H3,(H,24,27)(H2,25,26,28). The Bertz CT molecular complexity index is 938. The van der Waals surface area contributed by atoms with Gasteiger partial charge in [0.15, 0.2) is 11.5 Å². The van der Waals surface area contributed by atoms with E-state index in [-0.39, 0.29) is 18.7 Å². The Balaban J connectivity index is 1.42. The zero-order chi connectivity index (χ0) is 21.0. The van der Waals surface area contributed by atoms with Crippen LogP contribution in [0.4, 0.5) is 10.5 Å². The Hall–Kier alpha value is -3.22. The van der Waals surface area contributed by atoms with Crippen molar-refractivity contribution >= 4 is 17.6 Å². The van der Waals surface area contributed by atoms with E-state index in [0.717, 1.165) is 36.1 Å². The maximum Gasteiger partial charge on any atom is 0.320 e. The van der Waals surface area contributed by atoms with Gasteiger partial charge in [0.1, 0.15) is 5.54 Å². The molecule has 30 heavy (non-hydrogen) atoms. The van der Waals surface area contributed by atoms with Crippen molar-refractivity contribution in [3.63, 3.8) is 0 Å². The van der Waals surface area contributed by atoms with Crippen LogP contribution in [0.1, 0.15) is 43.2 Å². The van der Waals surface area contributed by atoms with Crippen LogP contribution in [0.3, 0.4) is 0 Å². The van der Waals surface area contributed by atoms with Crippen molar-refractivity contribution < 1.29 is 19.1 Å². The lowest BCUT2D eigenvalue weighted by atomic mass is 9.81. The number of carbonyl (C=O) groups is 2. The van der Waals surface area contributed by atoms with Crippen LogP contribution in [0.5, 0.6) is 11.5 Å². The number of aryl methyl sites for hydroxylation is 1. The minimum absolute atomic E-state index is 0.153. The third kappa shape index (κ3) is 4.35. The number of hydrogen-bond donors (Lipinski definition) is 3. The summed E-state index contributed by atoms with van der Waals surface area (Å²) in [7, 11) is 0. The average Bonchev–Trinajstić information content (AvgIpc) is 3.22. The van der Waals surface area contributed by atoms with Gasteiger partial charge >= 0.3 is 6.03 Å². The normalized spacial score (nSPS) is 16.6. The van der Waals surface area contributed by atoms with E-state index in [2.05, 4.69) is 16.0 Å². The second kappa shape index (κ2) is 8.65. The van der Waals surface area contributed by atoms with Crippen LogP contribution in [0.25, 0.3) is 0 Å². The van der Waals surface area contributed by atoms with E-state index in [1.165, 1.54) is 0 Å². The van der Waals surface area contributed by atoms with E-state index in [9.17, 15) is 9.59 Å². The zero-order valence-electron chi connectivity index (χ0n) is 17.1. The van der Waals surface area contributed by atoms with Gasteiger partial charge in [-0.1, -0.05) is 43.5 Å². The van der Waals surface area contributed by atoms with Crippen LogP contribution in [0.2, 0.25) is 0 Å². The molecule has 2 aromatic rings. The summed E-state index contributed by atoms with van der Waals surface area (Å²) in [6.45, 7) is 2.51. The molecule has 0 bridgehead atoms. The molecule has 158 valence electrons. The van der Waals surface area contributed by atoms with E-state index >= 15 is 0 Å². The first-order valence-electron chi connectivity index (χ1n) is 10.4. The predicted octanol–water partition coefficient (Wildman–Crippen LogP) is 3.86. The first-order valence-corrected chi connectivity index (χ1v) is 10.4. The summed E-state index contributed by atoms with van der Waals surface area (Å²) in [4.78, 5) is 25.9. The Kier molecular flexibility index (Phi) is 5.79. The molecule has 1 aliphatic carbocycles. The minimum atomic E-state index is -0.901. The number of para-hydroxylation sites is 1. The van der Waals surface area contributed by atoms with Crippen molar-refractivity contribution in [2.24, 2.45) is 0 Å². The van der Waals surface area contributed by atoms with Crippen LogP contribution in [0.15, 0.2) is 42.5 Å². The van der Waals surface area contributed by atoms with Gasteiger partial charge in [0.25, 0.3) is 0 Å². The fourth-order valence-corrected chi connectivity index (χ4v) is 4.05. The van der Waals surface area contributed by atoms with Crippen LogP contribution < -0.4 is 25.4 Å². The topological polar surface area (TPSA) is 88.7 Å². The number of anilines is 1. The smallest absolute Gasteiger partial charge is 0.320 e. The Morgan fingerprint density at radius 2 is 1.77 bits per heavy atom. The lowest BCUT2D eigenvalue weighted by Gasteiger charge is -2.36. The number of carbonyl (C=O) groups excluding carboxylic acids is 2. The molecule has 0 aromatic heterocycles. The number of rotatable bonds is 5. The van der Waals surface area contributed by atoms with E-state index in [4.69, 9.17) is 9.47 Å². The number of urea groups is 1. The Morgan fingerprint density at radius 1 is 1.00 bits per heavy atom. The number of benzene rings is 2. The van der Waals surface area contributed by atoms with Gasteiger partial charge < -0.3 is 25.4 Å². The van der Waals surface area contributed by atoms with Crippen molar-refractivity contribution in [3.8, 4) is 11.5 Å². The maximum absolute atomic E-state index is 13.2. The molecular weight excluding hydrogens is 382 g/mol. The highest BCUT2D eigenvalue weighted by molar-refractivity contribution is 5.96. The van der Waals surface area contributed by atoms with Gasteiger partial charge in [-0.15, -0.1) is 0 Å². The van der Waals surface area contributed by atoms with Gasteiger partial charge in [0, 0.05) is 12.2 Å². The Labute approximate surface area is 176 Å². The largest absolute Gasteiger partial charge is 0.454 e. The summed E-state index contributed by atoms with van der Waals surface area (Å²) in [6.07, 6.45) is 4.13. The summed E-state index contributed by atoms with van der Waals surface area (Å²) >= 11 is 0. The second-order valence-electron chi connectivity index (χ2n) is 7.91. The summed E-state index contributed by atoms with van der Waals surface area (Å²) < 4.78 is 10.7. The van der Waals surface area contributed by atoms with Crippen molar-refractivity contribution in [1.82, 2.24) is 10.6 Å². The number of amides is 3. The molecule has 1 fully saturated rings. The molecule has 0 unspecified atom stereocenters. The number of nitrogens with one attached hydrogen (secondary N) is 3. The number of fused-ring (bicyclic) bond motifs is 1. The van der Waals surface area contributed by atoms with E-state index in [1.54, 1.807) is 0 Å². The van der Waals surface area contributed by atoms with Crippen molar-refractivity contribution in [1.29, 1.82) is 0 Å². The van der Waals surface area contributed by atoms with Gasteiger partial charge in [-0.05, 0) is 49.1 Å². The van der Waals surface area contributed by atoms with Crippen molar-refractivity contribution in [2.45, 2.75) is 51.1 Å². The highest BCUT2D eigenvalue weighted by Gasteiger charge is 2.40. The third-order valence-electron chi connectivity index (χ3n) is 5.78. The summed E-state index contributed by atoms with van der Waals surface area (Å²) in [5.41, 5.74) is 1.73. The van der Waals surface area contributed by atoms with E-state index in [1.807, 2.05) is 49.4 Å². The quantitative estimate of drug-likeness (QED) is 0.700. The zero-order valence-corrected chi connectivity index (χ0v) is 17.1. The minimum Gasteiger partial charge on any atom is -0.454 e. The lowest BCUT2D eigenvalue weighted by molar-refractivity contribution is -0.128. The van der Waals surface area contributed by atoms with Crippen LogP contribution in [-0.2, 0) is 11.3 Å². The van der Waals surface area contributed by atoms with Gasteiger partial charge in [-0.2, -0.15) is 0 Å². The molecule has 0 saturated heterocycles. The highest BCUT2D eigenvalue weighted by Crippen LogP contribution is 2.33. The summed E-state index contributed by atoms with van der Waals surface area (Å²) in [6, 6.07) is 12.8. The molecule has 2 aromatic carbocycles. The van der Waals surface area contributed by atoms with E-state index < -0.39 is 5.54 Å². The first-order chi connectivity index (χ1) is 14.6. The van der Waals surface area contributed by atoms with Gasteiger partial charge in [-0.25, -0.2) is 4.79 Å². The molecule has 0 spiro atoms. The van der Waals surface area contributed by atoms with Crippen LogP contribution in [0, 0.1) is 6.92 Å². The molecule has 1 aliphatic heterocycles. The van der Waals surface area contributed by atoms with Gasteiger partial charge in [0.2, 0.25) is 12.7 Å². The van der Waals surface area contributed by atoms with Gasteiger partial charge in [-0.3, -0.25) is 4.79 Å².